The molecule has 3 heterocycles. The highest BCUT2D eigenvalue weighted by Gasteiger charge is 2.37. The number of fused-ring (bicyclic) bond motifs is 1. The van der Waals surface area contributed by atoms with Crippen molar-refractivity contribution in [2.24, 2.45) is 0 Å². The van der Waals surface area contributed by atoms with E-state index in [0.717, 1.165) is 34.9 Å². The minimum Gasteiger partial charge on any atom is -0.501 e. The van der Waals surface area contributed by atoms with E-state index >= 15 is 0 Å². The Morgan fingerprint density at radius 2 is 1.76 bits per heavy atom. The van der Waals surface area contributed by atoms with Crippen molar-refractivity contribution in [3.8, 4) is 0 Å². The van der Waals surface area contributed by atoms with Gasteiger partial charge in [0.2, 0.25) is 0 Å². The highest BCUT2D eigenvalue weighted by atomic mass is 16.5. The minimum atomic E-state index is -0.0128. The number of allylic oxidation sites excluding steroid dienone is 1. The maximum absolute atomic E-state index is 5.40. The molecule has 0 N–H and O–H groups in total. The van der Waals surface area contributed by atoms with Gasteiger partial charge >= 0.3 is 0 Å². The lowest BCUT2D eigenvalue weighted by Crippen LogP contribution is -2.29. The van der Waals surface area contributed by atoms with E-state index in [1.165, 1.54) is 16.7 Å². The Morgan fingerprint density at radius 1 is 1.00 bits per heavy atom. The molecule has 34 heavy (non-hydrogen) atoms. The Labute approximate surface area is 201 Å². The standard InChI is InChI=1S/C30H29N3O/c1-21-12-14-24(15-13-21)26-20-33(28-18-23(17-22(2)34-3)19-32-29(26)28)30(25-9-5-4-6-10-25)27-11-7-8-16-31-27/h4-19,26,30H,20H2,1-3H3/b22-17+/t26?,30-/m0/s1. The van der Waals surface area contributed by atoms with Crippen LogP contribution >= 0.6 is 0 Å². The van der Waals surface area contributed by atoms with Crippen molar-refractivity contribution in [2.75, 3.05) is 18.6 Å². The van der Waals surface area contributed by atoms with Crippen LogP contribution in [-0.4, -0.2) is 23.6 Å². The van der Waals surface area contributed by atoms with Crippen molar-refractivity contribution in [1.82, 2.24) is 9.97 Å². The number of aryl methyl sites for hydroxylation is 1. The van der Waals surface area contributed by atoms with Gasteiger partial charge in [0.05, 0.1) is 36.0 Å². The summed E-state index contributed by atoms with van der Waals surface area (Å²) in [6.45, 7) is 4.92. The van der Waals surface area contributed by atoms with E-state index in [4.69, 9.17) is 14.7 Å². The number of ether oxygens (including phenoxy) is 1. The molecule has 4 aromatic rings. The molecule has 1 unspecified atom stereocenters. The van der Waals surface area contributed by atoms with Gasteiger partial charge in [-0.25, -0.2) is 0 Å². The summed E-state index contributed by atoms with van der Waals surface area (Å²) in [4.78, 5) is 12.2. The van der Waals surface area contributed by atoms with Crippen LogP contribution in [-0.2, 0) is 4.74 Å². The lowest BCUT2D eigenvalue weighted by atomic mass is 9.96. The van der Waals surface area contributed by atoms with Crippen molar-refractivity contribution in [2.45, 2.75) is 25.8 Å². The van der Waals surface area contributed by atoms with Crippen LogP contribution in [0.15, 0.2) is 97.0 Å². The average molecular weight is 448 g/mol. The predicted octanol–water partition coefficient (Wildman–Crippen LogP) is 6.53. The van der Waals surface area contributed by atoms with E-state index in [1.54, 1.807) is 7.11 Å². The third kappa shape index (κ3) is 4.32. The zero-order valence-corrected chi connectivity index (χ0v) is 19.8. The summed E-state index contributed by atoms with van der Waals surface area (Å²) in [5, 5.41) is 0. The van der Waals surface area contributed by atoms with Crippen LogP contribution in [0.1, 0.15) is 52.5 Å². The van der Waals surface area contributed by atoms with E-state index in [1.807, 2.05) is 31.5 Å². The van der Waals surface area contributed by atoms with Crippen LogP contribution in [0.3, 0.4) is 0 Å². The van der Waals surface area contributed by atoms with Gasteiger partial charge in [-0.05, 0) is 54.8 Å². The number of benzene rings is 2. The smallest absolute Gasteiger partial charge is 0.0967 e. The first kappa shape index (κ1) is 21.9. The van der Waals surface area contributed by atoms with Crippen molar-refractivity contribution in [3.05, 3.63) is 131 Å². The highest BCUT2D eigenvalue weighted by Crippen LogP contribution is 2.45. The first-order valence-electron chi connectivity index (χ1n) is 11.7. The molecule has 0 saturated heterocycles. The molecule has 5 rings (SSSR count). The number of nitrogens with zero attached hydrogens (tertiary/aromatic N) is 3. The fourth-order valence-electron chi connectivity index (χ4n) is 4.72. The van der Waals surface area contributed by atoms with Crippen molar-refractivity contribution in [3.63, 3.8) is 0 Å². The summed E-state index contributed by atoms with van der Waals surface area (Å²) < 4.78 is 5.40. The molecule has 0 aliphatic carbocycles. The van der Waals surface area contributed by atoms with E-state index in [9.17, 15) is 0 Å². The molecule has 4 heteroatoms. The Hall–Kier alpha value is -3.92. The minimum absolute atomic E-state index is 0.0128. The second kappa shape index (κ2) is 9.52. The Morgan fingerprint density at radius 3 is 2.47 bits per heavy atom. The Kier molecular flexibility index (Phi) is 6.13. The molecule has 2 aromatic heterocycles. The molecule has 2 aromatic carbocycles. The van der Waals surface area contributed by atoms with Crippen LogP contribution in [0, 0.1) is 6.92 Å². The molecule has 0 radical (unpaired) electrons. The summed E-state index contributed by atoms with van der Waals surface area (Å²) in [7, 11) is 1.69. The first-order valence-corrected chi connectivity index (χ1v) is 11.7. The summed E-state index contributed by atoms with van der Waals surface area (Å²) in [5.74, 6) is 1.04. The lowest BCUT2D eigenvalue weighted by molar-refractivity contribution is 0.297. The summed E-state index contributed by atoms with van der Waals surface area (Å²) in [6.07, 6.45) is 5.85. The van der Waals surface area contributed by atoms with Crippen molar-refractivity contribution in [1.29, 1.82) is 0 Å². The molecule has 1 aliphatic rings. The van der Waals surface area contributed by atoms with Gasteiger partial charge < -0.3 is 9.64 Å². The quantitative estimate of drug-likeness (QED) is 0.315. The third-order valence-electron chi connectivity index (χ3n) is 6.50. The van der Waals surface area contributed by atoms with Crippen molar-refractivity contribution >= 4 is 11.8 Å². The molecule has 0 fully saturated rings. The van der Waals surface area contributed by atoms with Crippen LogP contribution in [0.4, 0.5) is 5.69 Å². The zero-order valence-electron chi connectivity index (χ0n) is 19.8. The molecule has 0 saturated carbocycles. The maximum Gasteiger partial charge on any atom is 0.0967 e. The van der Waals surface area contributed by atoms with Crippen molar-refractivity contribution < 1.29 is 4.74 Å². The lowest BCUT2D eigenvalue weighted by Gasteiger charge is -2.31. The maximum atomic E-state index is 5.40. The molecular formula is C30H29N3O. The predicted molar refractivity (Wildman–Crippen MR) is 138 cm³/mol. The van der Waals surface area contributed by atoms with Gasteiger partial charge in [0.1, 0.15) is 0 Å². The second-order valence-corrected chi connectivity index (χ2v) is 8.82. The number of methoxy groups -OCH3 is 1. The molecule has 0 amide bonds. The van der Waals surface area contributed by atoms with Crippen LogP contribution in [0.25, 0.3) is 6.08 Å². The second-order valence-electron chi connectivity index (χ2n) is 8.82. The van der Waals surface area contributed by atoms with Crippen LogP contribution < -0.4 is 4.90 Å². The number of pyridine rings is 2. The highest BCUT2D eigenvalue weighted by molar-refractivity contribution is 5.67. The molecule has 0 spiro atoms. The molecule has 0 bridgehead atoms. The fraction of sp³-hybridized carbons (Fsp3) is 0.200. The average Bonchev–Trinajstić information content (AvgIpc) is 3.24. The number of hydrogen-bond donors (Lipinski definition) is 0. The number of rotatable bonds is 6. The van der Waals surface area contributed by atoms with Crippen LogP contribution in [0.2, 0.25) is 0 Å². The fourth-order valence-corrected chi connectivity index (χ4v) is 4.72. The number of hydrogen-bond acceptors (Lipinski definition) is 4. The number of anilines is 1. The van der Waals surface area contributed by atoms with E-state index in [-0.39, 0.29) is 12.0 Å². The molecule has 4 nitrogen and oxygen atoms in total. The van der Waals surface area contributed by atoms with E-state index in [2.05, 4.69) is 84.6 Å². The summed E-state index contributed by atoms with van der Waals surface area (Å²) in [6, 6.07) is 27.8. The van der Waals surface area contributed by atoms with Gasteiger partial charge in [-0.3, -0.25) is 9.97 Å². The molecule has 2 atom stereocenters. The van der Waals surface area contributed by atoms with Gasteiger partial charge in [-0.15, -0.1) is 0 Å². The van der Waals surface area contributed by atoms with E-state index < -0.39 is 0 Å². The van der Waals surface area contributed by atoms with Gasteiger partial charge in [-0.1, -0.05) is 66.2 Å². The Balaban J connectivity index is 1.67. The molecular weight excluding hydrogens is 418 g/mol. The van der Waals surface area contributed by atoms with Gasteiger partial charge in [0.15, 0.2) is 0 Å². The molecule has 170 valence electrons. The Bertz CT molecular complexity index is 1240. The first-order chi connectivity index (χ1) is 16.6. The topological polar surface area (TPSA) is 38.2 Å². The van der Waals surface area contributed by atoms with Gasteiger partial charge in [-0.2, -0.15) is 0 Å². The summed E-state index contributed by atoms with van der Waals surface area (Å²) in [5.41, 5.74) is 8.06. The van der Waals surface area contributed by atoms with E-state index in [0.29, 0.717) is 0 Å². The normalized spacial score (nSPS) is 16.3. The number of aromatic nitrogens is 2. The SMILES string of the molecule is CO/C(C)=C/c1cnc2c(c1)N([C@@H](c1ccccc1)c1ccccn1)CC2c1ccc(C)cc1. The van der Waals surface area contributed by atoms with Crippen LogP contribution in [0.5, 0.6) is 0 Å². The zero-order chi connectivity index (χ0) is 23.5. The largest absolute Gasteiger partial charge is 0.501 e. The summed E-state index contributed by atoms with van der Waals surface area (Å²) >= 11 is 0. The molecule has 1 aliphatic heterocycles. The monoisotopic (exact) mass is 447 g/mol. The third-order valence-corrected chi connectivity index (χ3v) is 6.50. The van der Waals surface area contributed by atoms with Gasteiger partial charge in [0.25, 0.3) is 0 Å². The van der Waals surface area contributed by atoms with Gasteiger partial charge in [0, 0.05) is 24.9 Å².